The molecule has 1 atom stereocenters. The summed E-state index contributed by atoms with van der Waals surface area (Å²) in [5.74, 6) is 0.507. The third kappa shape index (κ3) is 3.69. The van der Waals surface area contributed by atoms with Crippen molar-refractivity contribution in [2.24, 2.45) is 5.92 Å². The maximum Gasteiger partial charge on any atom is 0.410 e. The second kappa shape index (κ2) is 5.07. The topological polar surface area (TPSA) is 29.5 Å². The Kier molecular flexibility index (Phi) is 4.22. The van der Waals surface area contributed by atoms with Gasteiger partial charge in [-0.3, -0.25) is 0 Å². The normalized spacial score (nSPS) is 22.4. The number of likely N-dealkylation sites (tertiary alicyclic amines) is 1. The second-order valence-electron chi connectivity index (χ2n) is 5.98. The lowest BCUT2D eigenvalue weighted by atomic mass is 9.93. The van der Waals surface area contributed by atoms with Crippen LogP contribution in [0.15, 0.2) is 0 Å². The number of amides is 1. The van der Waals surface area contributed by atoms with Gasteiger partial charge in [0.1, 0.15) is 5.60 Å². The Hall–Kier alpha value is -0.730. The SMILES string of the molecule is CC(C)C1CCCCN1C(=O)OC(C)(C)C. The van der Waals surface area contributed by atoms with Gasteiger partial charge in [-0.05, 0) is 46.0 Å². The van der Waals surface area contributed by atoms with Gasteiger partial charge >= 0.3 is 6.09 Å². The molecule has 1 aliphatic rings. The van der Waals surface area contributed by atoms with Crippen LogP contribution in [0.2, 0.25) is 0 Å². The molecule has 1 unspecified atom stereocenters. The van der Waals surface area contributed by atoms with Gasteiger partial charge in [-0.1, -0.05) is 13.8 Å². The van der Waals surface area contributed by atoms with Gasteiger partial charge in [0.15, 0.2) is 0 Å². The van der Waals surface area contributed by atoms with E-state index in [4.69, 9.17) is 4.74 Å². The van der Waals surface area contributed by atoms with Crippen LogP contribution in [-0.4, -0.2) is 29.2 Å². The van der Waals surface area contributed by atoms with Crippen LogP contribution >= 0.6 is 0 Å². The predicted octanol–water partition coefficient (Wildman–Crippen LogP) is 3.43. The van der Waals surface area contributed by atoms with Crippen molar-refractivity contribution in [2.75, 3.05) is 6.54 Å². The Balaban J connectivity index is 2.64. The van der Waals surface area contributed by atoms with E-state index in [9.17, 15) is 4.79 Å². The summed E-state index contributed by atoms with van der Waals surface area (Å²) in [5, 5.41) is 0. The van der Waals surface area contributed by atoms with E-state index in [0.29, 0.717) is 12.0 Å². The molecule has 1 rings (SSSR count). The molecule has 1 saturated heterocycles. The maximum absolute atomic E-state index is 12.0. The molecule has 0 saturated carbocycles. The molecule has 0 spiro atoms. The van der Waals surface area contributed by atoms with E-state index in [2.05, 4.69) is 13.8 Å². The van der Waals surface area contributed by atoms with Crippen molar-refractivity contribution in [1.82, 2.24) is 4.90 Å². The fourth-order valence-electron chi connectivity index (χ4n) is 2.20. The summed E-state index contributed by atoms with van der Waals surface area (Å²) in [4.78, 5) is 13.9. The van der Waals surface area contributed by atoms with Crippen LogP contribution in [-0.2, 0) is 4.74 Å². The number of piperidine rings is 1. The first-order valence-electron chi connectivity index (χ1n) is 6.31. The van der Waals surface area contributed by atoms with Crippen LogP contribution in [0.5, 0.6) is 0 Å². The number of carbonyl (C=O) groups is 1. The Morgan fingerprint density at radius 2 is 1.94 bits per heavy atom. The summed E-state index contributed by atoms with van der Waals surface area (Å²) < 4.78 is 5.44. The third-order valence-corrected chi connectivity index (χ3v) is 2.95. The van der Waals surface area contributed by atoms with Crippen molar-refractivity contribution in [3.8, 4) is 0 Å². The summed E-state index contributed by atoms with van der Waals surface area (Å²) in [6.45, 7) is 10.9. The van der Waals surface area contributed by atoms with Gasteiger partial charge in [0.25, 0.3) is 0 Å². The fourth-order valence-corrected chi connectivity index (χ4v) is 2.20. The fraction of sp³-hybridized carbons (Fsp3) is 0.923. The molecule has 16 heavy (non-hydrogen) atoms. The van der Waals surface area contributed by atoms with E-state index in [-0.39, 0.29) is 6.09 Å². The van der Waals surface area contributed by atoms with Crippen molar-refractivity contribution < 1.29 is 9.53 Å². The van der Waals surface area contributed by atoms with E-state index in [0.717, 1.165) is 19.4 Å². The average molecular weight is 227 g/mol. The van der Waals surface area contributed by atoms with Gasteiger partial charge in [-0.2, -0.15) is 0 Å². The zero-order valence-electron chi connectivity index (χ0n) is 11.2. The van der Waals surface area contributed by atoms with Crippen LogP contribution in [0.25, 0.3) is 0 Å². The smallest absolute Gasteiger partial charge is 0.410 e. The molecule has 1 heterocycles. The Morgan fingerprint density at radius 3 is 2.44 bits per heavy atom. The van der Waals surface area contributed by atoms with Crippen LogP contribution in [0.4, 0.5) is 4.79 Å². The summed E-state index contributed by atoms with van der Waals surface area (Å²) in [7, 11) is 0. The lowest BCUT2D eigenvalue weighted by molar-refractivity contribution is 0.00378. The highest BCUT2D eigenvalue weighted by Gasteiger charge is 2.31. The minimum absolute atomic E-state index is 0.147. The molecular weight excluding hydrogens is 202 g/mol. The van der Waals surface area contributed by atoms with Gasteiger partial charge in [0.05, 0.1) is 0 Å². The number of hydrogen-bond acceptors (Lipinski definition) is 2. The highest BCUT2D eigenvalue weighted by molar-refractivity contribution is 5.68. The maximum atomic E-state index is 12.0. The lowest BCUT2D eigenvalue weighted by Gasteiger charge is -2.38. The van der Waals surface area contributed by atoms with Crippen molar-refractivity contribution >= 4 is 6.09 Å². The van der Waals surface area contributed by atoms with Gasteiger partial charge in [-0.15, -0.1) is 0 Å². The monoisotopic (exact) mass is 227 g/mol. The van der Waals surface area contributed by atoms with Crippen molar-refractivity contribution in [2.45, 2.75) is 65.5 Å². The molecule has 1 amide bonds. The van der Waals surface area contributed by atoms with Crippen molar-refractivity contribution in [3.05, 3.63) is 0 Å². The summed E-state index contributed by atoms with van der Waals surface area (Å²) >= 11 is 0. The molecule has 94 valence electrons. The summed E-state index contributed by atoms with van der Waals surface area (Å²) in [6, 6.07) is 0.351. The molecule has 0 aromatic carbocycles. The number of hydrogen-bond donors (Lipinski definition) is 0. The minimum atomic E-state index is -0.393. The van der Waals surface area contributed by atoms with E-state index < -0.39 is 5.60 Å². The van der Waals surface area contributed by atoms with Gasteiger partial charge in [0.2, 0.25) is 0 Å². The second-order valence-corrected chi connectivity index (χ2v) is 5.98. The van der Waals surface area contributed by atoms with E-state index in [1.807, 2.05) is 25.7 Å². The molecule has 1 fully saturated rings. The summed E-state index contributed by atoms with van der Waals surface area (Å²) in [6.07, 6.45) is 3.28. The van der Waals surface area contributed by atoms with Crippen molar-refractivity contribution in [1.29, 1.82) is 0 Å². The third-order valence-electron chi connectivity index (χ3n) is 2.95. The first-order chi connectivity index (χ1) is 7.31. The number of rotatable bonds is 1. The molecule has 3 heteroatoms. The van der Waals surface area contributed by atoms with Gasteiger partial charge < -0.3 is 9.64 Å². The first kappa shape index (κ1) is 13.3. The van der Waals surface area contributed by atoms with E-state index in [1.54, 1.807) is 0 Å². The van der Waals surface area contributed by atoms with Crippen LogP contribution < -0.4 is 0 Å². The minimum Gasteiger partial charge on any atom is -0.444 e. The Morgan fingerprint density at radius 1 is 1.31 bits per heavy atom. The Labute approximate surface area is 99.1 Å². The van der Waals surface area contributed by atoms with Crippen LogP contribution in [0, 0.1) is 5.92 Å². The molecule has 0 radical (unpaired) electrons. The standard InChI is InChI=1S/C13H25NO2/c1-10(2)11-8-6-7-9-14(11)12(15)16-13(3,4)5/h10-11H,6-9H2,1-5H3. The highest BCUT2D eigenvalue weighted by atomic mass is 16.6. The van der Waals surface area contributed by atoms with Gasteiger partial charge in [0, 0.05) is 12.6 Å². The average Bonchev–Trinajstić information content (AvgIpc) is 2.15. The van der Waals surface area contributed by atoms with Crippen LogP contribution in [0.1, 0.15) is 53.9 Å². The zero-order valence-corrected chi connectivity index (χ0v) is 11.2. The number of nitrogens with zero attached hydrogens (tertiary/aromatic N) is 1. The molecule has 0 aliphatic carbocycles. The molecule has 0 bridgehead atoms. The lowest BCUT2D eigenvalue weighted by Crippen LogP contribution is -2.48. The first-order valence-corrected chi connectivity index (χ1v) is 6.31. The number of carbonyl (C=O) groups excluding carboxylic acids is 1. The molecular formula is C13H25NO2. The number of ether oxygens (including phenoxy) is 1. The molecule has 0 N–H and O–H groups in total. The molecule has 1 aliphatic heterocycles. The van der Waals surface area contributed by atoms with Crippen molar-refractivity contribution in [3.63, 3.8) is 0 Å². The van der Waals surface area contributed by atoms with Gasteiger partial charge in [-0.25, -0.2) is 4.79 Å². The zero-order chi connectivity index (χ0) is 12.3. The largest absolute Gasteiger partial charge is 0.444 e. The predicted molar refractivity (Wildman–Crippen MR) is 65.4 cm³/mol. The molecule has 3 nitrogen and oxygen atoms in total. The highest BCUT2D eigenvalue weighted by Crippen LogP contribution is 2.24. The molecule has 0 aromatic rings. The Bertz CT molecular complexity index is 243. The molecule has 0 aromatic heterocycles. The van der Waals surface area contributed by atoms with E-state index >= 15 is 0 Å². The quantitative estimate of drug-likeness (QED) is 0.687. The van der Waals surface area contributed by atoms with Crippen LogP contribution in [0.3, 0.4) is 0 Å². The van der Waals surface area contributed by atoms with E-state index in [1.165, 1.54) is 6.42 Å². The summed E-state index contributed by atoms with van der Waals surface area (Å²) in [5.41, 5.74) is -0.393.